The predicted octanol–water partition coefficient (Wildman–Crippen LogP) is 2.98. The van der Waals surface area contributed by atoms with Gasteiger partial charge in [-0.05, 0) is 52.1 Å². The van der Waals surface area contributed by atoms with Crippen LogP contribution in [0.5, 0.6) is 0 Å². The molecule has 0 aromatic rings. The fraction of sp³-hybridized carbons (Fsp3) is 0.955. The molecule has 2 aliphatic heterocycles. The van der Waals surface area contributed by atoms with Crippen molar-refractivity contribution in [3.63, 3.8) is 0 Å². The lowest BCUT2D eigenvalue weighted by atomic mass is 9.93. The van der Waals surface area contributed by atoms with Crippen molar-refractivity contribution in [1.82, 2.24) is 15.1 Å². The number of hydrogen-bond acceptors (Lipinski definition) is 4. The van der Waals surface area contributed by atoms with E-state index >= 15 is 0 Å². The molecular formula is C22H44N4O2. The van der Waals surface area contributed by atoms with E-state index in [4.69, 9.17) is 9.47 Å². The van der Waals surface area contributed by atoms with Gasteiger partial charge in [0.15, 0.2) is 5.96 Å². The number of nitrogens with zero attached hydrogens (tertiary/aromatic N) is 3. The first-order valence-corrected chi connectivity index (χ1v) is 11.4. The molecular weight excluding hydrogens is 352 g/mol. The zero-order chi connectivity index (χ0) is 20.4. The molecule has 0 aromatic heterocycles. The second-order valence-electron chi connectivity index (χ2n) is 8.54. The van der Waals surface area contributed by atoms with Crippen molar-refractivity contribution >= 4 is 5.96 Å². The summed E-state index contributed by atoms with van der Waals surface area (Å²) in [6.45, 7) is 9.21. The fourth-order valence-corrected chi connectivity index (χ4v) is 4.55. The van der Waals surface area contributed by atoms with Crippen LogP contribution in [0.1, 0.15) is 58.8 Å². The van der Waals surface area contributed by atoms with Crippen LogP contribution >= 0.6 is 0 Å². The summed E-state index contributed by atoms with van der Waals surface area (Å²) in [5.41, 5.74) is 0. The highest BCUT2D eigenvalue weighted by molar-refractivity contribution is 5.80. The van der Waals surface area contributed by atoms with Crippen molar-refractivity contribution in [1.29, 1.82) is 0 Å². The minimum absolute atomic E-state index is 0.314. The topological polar surface area (TPSA) is 49.3 Å². The van der Waals surface area contributed by atoms with Gasteiger partial charge >= 0.3 is 0 Å². The number of likely N-dealkylation sites (N-methyl/N-ethyl adjacent to an activating group) is 1. The van der Waals surface area contributed by atoms with Crippen LogP contribution in [0.4, 0.5) is 0 Å². The summed E-state index contributed by atoms with van der Waals surface area (Å²) in [6.07, 6.45) is 8.87. The van der Waals surface area contributed by atoms with E-state index in [0.29, 0.717) is 24.2 Å². The summed E-state index contributed by atoms with van der Waals surface area (Å²) in [7, 11) is 6.27. The van der Waals surface area contributed by atoms with Gasteiger partial charge in [-0.15, -0.1) is 0 Å². The van der Waals surface area contributed by atoms with Crippen LogP contribution in [0.3, 0.4) is 0 Å². The Labute approximate surface area is 173 Å². The van der Waals surface area contributed by atoms with Gasteiger partial charge in [0, 0.05) is 39.3 Å². The van der Waals surface area contributed by atoms with Gasteiger partial charge in [-0.3, -0.25) is 4.99 Å². The summed E-state index contributed by atoms with van der Waals surface area (Å²) in [5, 5.41) is 3.64. The SMILES string of the molecule is CCC(CC)C(CNC(=NC)N1CCC(OCC2CCCCO2)CC1)N(C)C. The number of rotatable bonds is 9. The number of hydrogen-bond donors (Lipinski definition) is 1. The number of nitrogens with one attached hydrogen (secondary N) is 1. The zero-order valence-corrected chi connectivity index (χ0v) is 19.0. The molecule has 2 atom stereocenters. The van der Waals surface area contributed by atoms with E-state index in [1.54, 1.807) is 0 Å². The molecule has 0 saturated carbocycles. The molecule has 0 bridgehead atoms. The van der Waals surface area contributed by atoms with Gasteiger partial charge in [-0.2, -0.15) is 0 Å². The molecule has 164 valence electrons. The molecule has 2 aliphatic rings. The van der Waals surface area contributed by atoms with Crippen LogP contribution in [-0.2, 0) is 9.47 Å². The van der Waals surface area contributed by atoms with Crippen molar-refractivity contribution < 1.29 is 9.47 Å². The molecule has 2 fully saturated rings. The van der Waals surface area contributed by atoms with Crippen LogP contribution in [0.2, 0.25) is 0 Å². The summed E-state index contributed by atoms with van der Waals surface area (Å²) in [6, 6.07) is 0.531. The average Bonchev–Trinajstić information content (AvgIpc) is 2.73. The second kappa shape index (κ2) is 12.7. The van der Waals surface area contributed by atoms with Gasteiger partial charge in [-0.25, -0.2) is 0 Å². The molecule has 6 heteroatoms. The highest BCUT2D eigenvalue weighted by atomic mass is 16.5. The molecule has 2 heterocycles. The fourth-order valence-electron chi connectivity index (χ4n) is 4.55. The molecule has 1 N–H and O–H groups in total. The van der Waals surface area contributed by atoms with Gasteiger partial charge < -0.3 is 24.6 Å². The highest BCUT2D eigenvalue weighted by Gasteiger charge is 2.25. The summed E-state index contributed by atoms with van der Waals surface area (Å²) in [5.74, 6) is 1.74. The molecule has 0 radical (unpaired) electrons. The number of ether oxygens (including phenoxy) is 2. The van der Waals surface area contributed by atoms with E-state index in [9.17, 15) is 0 Å². The predicted molar refractivity (Wildman–Crippen MR) is 117 cm³/mol. The normalized spacial score (nSPS) is 23.5. The Morgan fingerprint density at radius 3 is 2.43 bits per heavy atom. The third kappa shape index (κ3) is 7.20. The zero-order valence-electron chi connectivity index (χ0n) is 19.0. The molecule has 2 rings (SSSR count). The smallest absolute Gasteiger partial charge is 0.193 e. The minimum Gasteiger partial charge on any atom is -0.376 e. The first-order chi connectivity index (χ1) is 13.6. The van der Waals surface area contributed by atoms with Gasteiger partial charge in [-0.1, -0.05) is 26.7 Å². The Balaban J connectivity index is 1.74. The summed E-state index contributed by atoms with van der Waals surface area (Å²) < 4.78 is 11.9. The van der Waals surface area contributed by atoms with Crippen LogP contribution in [0.25, 0.3) is 0 Å². The van der Waals surface area contributed by atoms with E-state index in [0.717, 1.165) is 58.1 Å². The number of aliphatic imine (C=N–C) groups is 1. The maximum Gasteiger partial charge on any atom is 0.193 e. The van der Waals surface area contributed by atoms with Crippen LogP contribution < -0.4 is 5.32 Å². The van der Waals surface area contributed by atoms with E-state index in [-0.39, 0.29) is 0 Å². The van der Waals surface area contributed by atoms with Crippen molar-refractivity contribution in [2.24, 2.45) is 10.9 Å². The Morgan fingerprint density at radius 1 is 1.18 bits per heavy atom. The Bertz CT molecular complexity index is 440. The van der Waals surface area contributed by atoms with Gasteiger partial charge in [0.1, 0.15) is 0 Å². The maximum absolute atomic E-state index is 6.16. The molecule has 2 saturated heterocycles. The van der Waals surface area contributed by atoms with E-state index in [1.165, 1.54) is 25.7 Å². The first-order valence-electron chi connectivity index (χ1n) is 11.4. The van der Waals surface area contributed by atoms with Crippen molar-refractivity contribution in [3.8, 4) is 0 Å². The number of likely N-dealkylation sites (tertiary alicyclic amines) is 1. The van der Waals surface area contributed by atoms with E-state index in [1.807, 2.05) is 7.05 Å². The summed E-state index contributed by atoms with van der Waals surface area (Å²) >= 11 is 0. The Morgan fingerprint density at radius 2 is 1.89 bits per heavy atom. The summed E-state index contributed by atoms with van der Waals surface area (Å²) in [4.78, 5) is 9.29. The third-order valence-corrected chi connectivity index (χ3v) is 6.47. The molecule has 0 aliphatic carbocycles. The van der Waals surface area contributed by atoms with Crippen molar-refractivity contribution in [3.05, 3.63) is 0 Å². The number of guanidine groups is 1. The van der Waals surface area contributed by atoms with Crippen molar-refractivity contribution in [2.45, 2.75) is 77.0 Å². The lowest BCUT2D eigenvalue weighted by Gasteiger charge is -2.37. The molecule has 6 nitrogen and oxygen atoms in total. The second-order valence-corrected chi connectivity index (χ2v) is 8.54. The van der Waals surface area contributed by atoms with Gasteiger partial charge in [0.2, 0.25) is 0 Å². The van der Waals surface area contributed by atoms with Gasteiger partial charge in [0.05, 0.1) is 18.8 Å². The first kappa shape index (κ1) is 23.4. The van der Waals surface area contributed by atoms with Gasteiger partial charge in [0.25, 0.3) is 0 Å². The molecule has 0 amide bonds. The minimum atomic E-state index is 0.314. The lowest BCUT2D eigenvalue weighted by molar-refractivity contribution is -0.0721. The van der Waals surface area contributed by atoms with E-state index in [2.05, 4.69) is 48.1 Å². The Kier molecular flexibility index (Phi) is 10.6. The standard InChI is InChI=1S/C22H44N4O2/c1-6-18(7-2)21(25(4)5)16-24-22(23-3)26-13-11-19(12-14-26)28-17-20-10-8-9-15-27-20/h18-21H,6-17H2,1-5H3,(H,23,24). The van der Waals surface area contributed by atoms with Crippen molar-refractivity contribution in [2.75, 3.05) is 54.0 Å². The highest BCUT2D eigenvalue weighted by Crippen LogP contribution is 2.19. The van der Waals surface area contributed by atoms with Crippen LogP contribution in [-0.4, -0.2) is 88.0 Å². The average molecular weight is 397 g/mol. The molecule has 2 unspecified atom stereocenters. The lowest BCUT2D eigenvalue weighted by Crippen LogP contribution is -2.51. The third-order valence-electron chi connectivity index (χ3n) is 6.47. The molecule has 0 aromatic carbocycles. The Hall–Kier alpha value is -0.850. The largest absolute Gasteiger partial charge is 0.376 e. The van der Waals surface area contributed by atoms with E-state index < -0.39 is 0 Å². The maximum atomic E-state index is 6.16. The number of piperidine rings is 1. The van der Waals surface area contributed by atoms with Crippen LogP contribution in [0.15, 0.2) is 4.99 Å². The van der Waals surface area contributed by atoms with Crippen LogP contribution in [0, 0.1) is 5.92 Å². The monoisotopic (exact) mass is 396 g/mol. The molecule has 0 spiro atoms. The molecule has 28 heavy (non-hydrogen) atoms. The quantitative estimate of drug-likeness (QED) is 0.480.